The van der Waals surface area contributed by atoms with Crippen molar-refractivity contribution in [3.05, 3.63) is 29.8 Å². The Bertz CT molecular complexity index is 416. The van der Waals surface area contributed by atoms with Crippen molar-refractivity contribution in [2.75, 3.05) is 11.9 Å². The topological polar surface area (TPSA) is 72.2 Å². The number of carbonyl (C=O) groups is 2. The molecule has 0 bridgehead atoms. The maximum Gasteiger partial charge on any atom is 0.224 e. The monoisotopic (exact) mass is 248 g/mol. The van der Waals surface area contributed by atoms with Crippen molar-refractivity contribution in [1.82, 2.24) is 0 Å². The minimum atomic E-state index is -0.0206. The second-order valence-corrected chi connectivity index (χ2v) is 4.28. The van der Waals surface area contributed by atoms with Gasteiger partial charge in [-0.2, -0.15) is 0 Å². The van der Waals surface area contributed by atoms with E-state index in [0.717, 1.165) is 19.3 Å². The molecule has 0 heterocycles. The van der Waals surface area contributed by atoms with Crippen LogP contribution in [-0.2, 0) is 4.79 Å². The lowest BCUT2D eigenvalue weighted by Gasteiger charge is -2.06. The van der Waals surface area contributed by atoms with Crippen LogP contribution < -0.4 is 11.1 Å². The largest absolute Gasteiger partial charge is 0.330 e. The van der Waals surface area contributed by atoms with E-state index in [1.807, 2.05) is 0 Å². The Morgan fingerprint density at radius 1 is 1.22 bits per heavy atom. The molecule has 0 spiro atoms. The molecule has 1 aromatic rings. The zero-order valence-electron chi connectivity index (χ0n) is 10.7. The molecule has 0 aliphatic heterocycles. The van der Waals surface area contributed by atoms with Gasteiger partial charge >= 0.3 is 0 Å². The van der Waals surface area contributed by atoms with Gasteiger partial charge in [-0.15, -0.1) is 0 Å². The molecule has 0 aliphatic rings. The lowest BCUT2D eigenvalue weighted by molar-refractivity contribution is -0.116. The molecule has 1 amide bonds. The van der Waals surface area contributed by atoms with Crippen LogP contribution in [0.4, 0.5) is 5.69 Å². The third-order valence-corrected chi connectivity index (χ3v) is 2.66. The number of amides is 1. The van der Waals surface area contributed by atoms with Gasteiger partial charge in [-0.25, -0.2) is 0 Å². The summed E-state index contributed by atoms with van der Waals surface area (Å²) < 4.78 is 0. The maximum absolute atomic E-state index is 11.6. The van der Waals surface area contributed by atoms with Gasteiger partial charge < -0.3 is 11.1 Å². The van der Waals surface area contributed by atoms with Gasteiger partial charge in [0.25, 0.3) is 0 Å². The first kappa shape index (κ1) is 14.4. The molecule has 4 nitrogen and oxygen atoms in total. The highest BCUT2D eigenvalue weighted by atomic mass is 16.1. The number of ketones is 1. The lowest BCUT2D eigenvalue weighted by Crippen LogP contribution is -2.11. The van der Waals surface area contributed by atoms with Gasteiger partial charge in [0.2, 0.25) is 5.91 Å². The number of nitrogens with two attached hydrogens (primary N) is 1. The molecular formula is C14H20N2O2. The molecule has 0 aromatic heterocycles. The molecule has 98 valence electrons. The van der Waals surface area contributed by atoms with Gasteiger partial charge in [0, 0.05) is 17.7 Å². The van der Waals surface area contributed by atoms with E-state index in [4.69, 9.17) is 5.73 Å². The molecule has 1 rings (SSSR count). The molecule has 0 saturated heterocycles. The number of hydrogen-bond acceptors (Lipinski definition) is 3. The quantitative estimate of drug-likeness (QED) is 0.574. The molecule has 0 fully saturated rings. The van der Waals surface area contributed by atoms with Crippen molar-refractivity contribution >= 4 is 17.4 Å². The number of anilines is 1. The third-order valence-electron chi connectivity index (χ3n) is 2.66. The van der Waals surface area contributed by atoms with Gasteiger partial charge in [0.05, 0.1) is 0 Å². The van der Waals surface area contributed by atoms with Crippen molar-refractivity contribution < 1.29 is 9.59 Å². The van der Waals surface area contributed by atoms with E-state index in [1.165, 1.54) is 6.92 Å². The molecular weight excluding hydrogens is 228 g/mol. The van der Waals surface area contributed by atoms with Gasteiger partial charge in [-0.05, 0) is 38.4 Å². The number of nitrogens with one attached hydrogen (secondary N) is 1. The highest BCUT2D eigenvalue weighted by Gasteiger charge is 2.04. The molecule has 0 unspecified atom stereocenters. The minimum Gasteiger partial charge on any atom is -0.330 e. The molecule has 0 atom stereocenters. The average molecular weight is 248 g/mol. The van der Waals surface area contributed by atoms with Crippen molar-refractivity contribution in [3.63, 3.8) is 0 Å². The second kappa shape index (κ2) is 7.61. The van der Waals surface area contributed by atoms with Crippen molar-refractivity contribution in [2.24, 2.45) is 5.73 Å². The molecule has 18 heavy (non-hydrogen) atoms. The summed E-state index contributed by atoms with van der Waals surface area (Å²) >= 11 is 0. The summed E-state index contributed by atoms with van der Waals surface area (Å²) in [5, 5.41) is 2.79. The predicted octanol–water partition coefficient (Wildman–Crippen LogP) is 2.35. The van der Waals surface area contributed by atoms with Crippen LogP contribution in [0.2, 0.25) is 0 Å². The maximum atomic E-state index is 11.6. The van der Waals surface area contributed by atoms with Crippen LogP contribution in [0.15, 0.2) is 24.3 Å². The Morgan fingerprint density at radius 3 is 2.67 bits per heavy atom. The number of unbranched alkanes of at least 4 members (excludes halogenated alkanes) is 2. The van der Waals surface area contributed by atoms with Crippen LogP contribution in [-0.4, -0.2) is 18.2 Å². The Balaban J connectivity index is 2.44. The van der Waals surface area contributed by atoms with Crippen molar-refractivity contribution in [1.29, 1.82) is 0 Å². The fraction of sp³-hybridized carbons (Fsp3) is 0.429. The van der Waals surface area contributed by atoms with Crippen LogP contribution in [0, 0.1) is 0 Å². The van der Waals surface area contributed by atoms with Crippen LogP contribution in [0.5, 0.6) is 0 Å². The zero-order chi connectivity index (χ0) is 13.4. The van der Waals surface area contributed by atoms with Crippen LogP contribution in [0.1, 0.15) is 43.0 Å². The van der Waals surface area contributed by atoms with Crippen molar-refractivity contribution in [3.8, 4) is 0 Å². The van der Waals surface area contributed by atoms with E-state index >= 15 is 0 Å². The predicted molar refractivity (Wildman–Crippen MR) is 72.6 cm³/mol. The molecule has 4 heteroatoms. The van der Waals surface area contributed by atoms with Crippen LogP contribution in [0.3, 0.4) is 0 Å². The number of Topliss-reactive ketones (excluding diaryl/α,β-unsaturated/α-hetero) is 1. The zero-order valence-corrected chi connectivity index (χ0v) is 10.7. The number of carbonyl (C=O) groups excluding carboxylic acids is 2. The molecule has 0 saturated carbocycles. The SMILES string of the molecule is CC(=O)c1cccc(NC(=O)CCCCCN)c1. The molecule has 3 N–H and O–H groups in total. The summed E-state index contributed by atoms with van der Waals surface area (Å²) in [4.78, 5) is 22.8. The summed E-state index contributed by atoms with van der Waals surface area (Å²) in [6.07, 6.45) is 3.25. The minimum absolute atomic E-state index is 0.00551. The highest BCUT2D eigenvalue weighted by molar-refractivity contribution is 5.97. The van der Waals surface area contributed by atoms with Gasteiger partial charge in [-0.3, -0.25) is 9.59 Å². The van der Waals surface area contributed by atoms with Crippen molar-refractivity contribution in [2.45, 2.75) is 32.6 Å². The van der Waals surface area contributed by atoms with Gasteiger partial charge in [-0.1, -0.05) is 18.6 Å². The Labute approximate surface area is 108 Å². The van der Waals surface area contributed by atoms with E-state index in [1.54, 1.807) is 24.3 Å². The first-order valence-corrected chi connectivity index (χ1v) is 6.24. The summed E-state index contributed by atoms with van der Waals surface area (Å²) in [6.45, 7) is 2.18. The Hall–Kier alpha value is -1.68. The Morgan fingerprint density at radius 2 is 2.00 bits per heavy atom. The fourth-order valence-electron chi connectivity index (χ4n) is 1.65. The smallest absolute Gasteiger partial charge is 0.224 e. The summed E-state index contributed by atoms with van der Waals surface area (Å²) in [5.41, 5.74) is 6.66. The highest BCUT2D eigenvalue weighted by Crippen LogP contribution is 2.12. The average Bonchev–Trinajstić information content (AvgIpc) is 2.35. The summed E-state index contributed by atoms with van der Waals surface area (Å²) in [6, 6.07) is 6.98. The molecule has 1 aromatic carbocycles. The molecule has 0 radical (unpaired) electrons. The van der Waals surface area contributed by atoms with Crippen LogP contribution >= 0.6 is 0 Å². The first-order chi connectivity index (χ1) is 8.63. The van der Waals surface area contributed by atoms with Gasteiger partial charge in [0.1, 0.15) is 0 Å². The van der Waals surface area contributed by atoms with Crippen LogP contribution in [0.25, 0.3) is 0 Å². The normalized spacial score (nSPS) is 10.1. The Kier molecular flexibility index (Phi) is 6.08. The lowest BCUT2D eigenvalue weighted by atomic mass is 10.1. The molecule has 0 aliphatic carbocycles. The van der Waals surface area contributed by atoms with E-state index < -0.39 is 0 Å². The number of hydrogen-bond donors (Lipinski definition) is 2. The standard InChI is InChI=1S/C14H20N2O2/c1-11(17)12-6-5-7-13(10-12)16-14(18)8-3-2-4-9-15/h5-7,10H,2-4,8-9,15H2,1H3,(H,16,18). The summed E-state index contributed by atoms with van der Waals surface area (Å²) in [5.74, 6) is -0.0261. The first-order valence-electron chi connectivity index (χ1n) is 6.24. The number of rotatable bonds is 7. The van der Waals surface area contributed by atoms with E-state index in [2.05, 4.69) is 5.32 Å². The third kappa shape index (κ3) is 5.10. The fourth-order valence-corrected chi connectivity index (χ4v) is 1.65. The van der Waals surface area contributed by atoms with E-state index in [0.29, 0.717) is 24.2 Å². The second-order valence-electron chi connectivity index (χ2n) is 4.28. The van der Waals surface area contributed by atoms with E-state index in [9.17, 15) is 9.59 Å². The van der Waals surface area contributed by atoms with E-state index in [-0.39, 0.29) is 11.7 Å². The number of benzene rings is 1. The summed E-state index contributed by atoms with van der Waals surface area (Å²) in [7, 11) is 0. The van der Waals surface area contributed by atoms with Gasteiger partial charge in [0.15, 0.2) is 5.78 Å².